The van der Waals surface area contributed by atoms with Gasteiger partial charge in [-0.3, -0.25) is 4.79 Å². The number of hydrogen-bond donors (Lipinski definition) is 0. The van der Waals surface area contributed by atoms with E-state index in [0.29, 0.717) is 5.56 Å². The maximum absolute atomic E-state index is 14.4. The Hall–Kier alpha value is -1.40. The fourth-order valence-corrected chi connectivity index (χ4v) is 3.23. The van der Waals surface area contributed by atoms with Gasteiger partial charge in [-0.1, -0.05) is 0 Å². The van der Waals surface area contributed by atoms with Gasteiger partial charge in [0.25, 0.3) is 5.91 Å². The van der Waals surface area contributed by atoms with Gasteiger partial charge in [-0.25, -0.2) is 4.39 Å². The summed E-state index contributed by atoms with van der Waals surface area (Å²) in [6, 6.07) is 4.67. The van der Waals surface area contributed by atoms with E-state index in [1.165, 1.54) is 12.1 Å². The van der Waals surface area contributed by atoms with Crippen LogP contribution in [0.1, 0.15) is 57.8 Å². The molecule has 0 bridgehead atoms. The third-order valence-electron chi connectivity index (χ3n) is 5.56. The van der Waals surface area contributed by atoms with Gasteiger partial charge in [0.15, 0.2) is 0 Å². The predicted molar refractivity (Wildman–Crippen MR) is 91.8 cm³/mol. The van der Waals surface area contributed by atoms with Crippen molar-refractivity contribution in [2.75, 3.05) is 6.54 Å². The molecule has 0 aliphatic carbocycles. The molecule has 0 spiro atoms. The second-order valence-corrected chi connectivity index (χ2v) is 7.81. The summed E-state index contributed by atoms with van der Waals surface area (Å²) in [6.45, 7) is 10.5. The Morgan fingerprint density at radius 2 is 1.88 bits per heavy atom. The number of carbonyl (C=O) groups excluding carboxylic acids is 1. The molecule has 3 rings (SSSR count). The summed E-state index contributed by atoms with van der Waals surface area (Å²) in [5.41, 5.74) is -0.331. The number of nitrogens with zero attached hydrogens (tertiary/aromatic N) is 1. The van der Waals surface area contributed by atoms with E-state index in [1.54, 1.807) is 6.07 Å². The van der Waals surface area contributed by atoms with Gasteiger partial charge < -0.3 is 14.2 Å². The number of rotatable bonds is 2. The van der Waals surface area contributed by atoms with Gasteiger partial charge in [0.05, 0.1) is 11.2 Å². The van der Waals surface area contributed by atoms with E-state index in [4.69, 9.17) is 9.31 Å². The second kappa shape index (κ2) is 5.85. The molecule has 0 aromatic heterocycles. The Morgan fingerprint density at radius 3 is 2.42 bits per heavy atom. The van der Waals surface area contributed by atoms with Crippen molar-refractivity contribution in [2.24, 2.45) is 0 Å². The van der Waals surface area contributed by atoms with Crippen LogP contribution in [-0.4, -0.2) is 41.7 Å². The molecule has 1 aromatic rings. The van der Waals surface area contributed by atoms with Crippen molar-refractivity contribution in [3.05, 3.63) is 29.6 Å². The SMILES string of the molecule is CC1CCCN1C(=O)c1ccc(F)c(B2OC(C)(C)C(C)(C)O2)c1. The van der Waals surface area contributed by atoms with E-state index >= 15 is 0 Å². The molecule has 0 saturated carbocycles. The molecule has 2 fully saturated rings. The first-order valence-corrected chi connectivity index (χ1v) is 8.58. The number of hydrogen-bond acceptors (Lipinski definition) is 3. The third-order valence-corrected chi connectivity index (χ3v) is 5.56. The number of likely N-dealkylation sites (tertiary alicyclic amines) is 1. The van der Waals surface area contributed by atoms with Crippen LogP contribution in [0.3, 0.4) is 0 Å². The van der Waals surface area contributed by atoms with Gasteiger partial charge >= 0.3 is 7.12 Å². The minimum atomic E-state index is -0.807. The highest BCUT2D eigenvalue weighted by Gasteiger charge is 2.52. The van der Waals surface area contributed by atoms with E-state index < -0.39 is 24.1 Å². The molecule has 0 radical (unpaired) electrons. The van der Waals surface area contributed by atoms with E-state index in [9.17, 15) is 9.18 Å². The van der Waals surface area contributed by atoms with Crippen LogP contribution in [0.25, 0.3) is 0 Å². The summed E-state index contributed by atoms with van der Waals surface area (Å²) in [6.07, 6.45) is 2.02. The highest BCUT2D eigenvalue weighted by atomic mass is 19.1. The van der Waals surface area contributed by atoms with Crippen LogP contribution in [0.4, 0.5) is 4.39 Å². The van der Waals surface area contributed by atoms with E-state index in [2.05, 4.69) is 0 Å². The van der Waals surface area contributed by atoms with Crippen LogP contribution in [0.15, 0.2) is 18.2 Å². The zero-order valence-corrected chi connectivity index (χ0v) is 15.1. The molecule has 2 saturated heterocycles. The molecule has 4 nitrogen and oxygen atoms in total. The van der Waals surface area contributed by atoms with Gasteiger partial charge in [-0.05, 0) is 65.7 Å². The van der Waals surface area contributed by atoms with Crippen molar-refractivity contribution in [1.82, 2.24) is 4.90 Å². The zero-order chi connectivity index (χ0) is 17.7. The largest absolute Gasteiger partial charge is 0.497 e. The van der Waals surface area contributed by atoms with Gasteiger partial charge in [0, 0.05) is 23.6 Å². The van der Waals surface area contributed by atoms with Crippen LogP contribution in [0.2, 0.25) is 0 Å². The van der Waals surface area contributed by atoms with Crippen LogP contribution in [0.5, 0.6) is 0 Å². The third kappa shape index (κ3) is 2.86. The standard InChI is InChI=1S/C18H25BFNO3/c1-12-7-6-10-21(12)16(22)13-8-9-15(20)14(11-13)19-23-17(2,3)18(4,5)24-19/h8-9,11-12H,6-7,10H2,1-5H3. The van der Waals surface area contributed by atoms with Crippen molar-refractivity contribution < 1.29 is 18.5 Å². The number of benzene rings is 1. The normalized spacial score (nSPS) is 25.3. The van der Waals surface area contributed by atoms with Crippen molar-refractivity contribution in [2.45, 2.75) is 64.7 Å². The molecular formula is C18H25BFNO3. The average Bonchev–Trinajstić information content (AvgIpc) is 3.00. The number of carbonyl (C=O) groups is 1. The average molecular weight is 333 g/mol. The maximum Gasteiger partial charge on any atom is 0.497 e. The Kier molecular flexibility index (Phi) is 4.25. The lowest BCUT2D eigenvalue weighted by molar-refractivity contribution is 0.00578. The lowest BCUT2D eigenvalue weighted by atomic mass is 9.78. The van der Waals surface area contributed by atoms with Gasteiger partial charge in [-0.2, -0.15) is 0 Å². The minimum absolute atomic E-state index is 0.0576. The quantitative estimate of drug-likeness (QED) is 0.781. The van der Waals surface area contributed by atoms with Crippen LogP contribution >= 0.6 is 0 Å². The minimum Gasteiger partial charge on any atom is -0.399 e. The zero-order valence-electron chi connectivity index (χ0n) is 15.1. The van der Waals surface area contributed by atoms with Gasteiger partial charge in [0.1, 0.15) is 5.82 Å². The molecule has 1 unspecified atom stereocenters. The van der Waals surface area contributed by atoms with Crippen molar-refractivity contribution in [3.63, 3.8) is 0 Å². The number of halogens is 1. The molecule has 2 aliphatic rings. The first-order chi connectivity index (χ1) is 11.1. The molecule has 130 valence electrons. The smallest absolute Gasteiger partial charge is 0.399 e. The second-order valence-electron chi connectivity index (χ2n) is 7.81. The molecule has 0 N–H and O–H groups in total. The van der Waals surface area contributed by atoms with Crippen LogP contribution in [0, 0.1) is 5.82 Å². The Bertz CT molecular complexity index is 646. The molecule has 6 heteroatoms. The summed E-state index contributed by atoms with van der Waals surface area (Å²) in [5.74, 6) is -0.475. The lowest BCUT2D eigenvalue weighted by Crippen LogP contribution is -2.41. The monoisotopic (exact) mass is 333 g/mol. The molecule has 1 amide bonds. The van der Waals surface area contributed by atoms with Crippen molar-refractivity contribution in [1.29, 1.82) is 0 Å². The molecular weight excluding hydrogens is 308 g/mol. The summed E-state index contributed by atoms with van der Waals surface area (Å²) >= 11 is 0. The van der Waals surface area contributed by atoms with Crippen molar-refractivity contribution >= 4 is 18.5 Å². The molecule has 2 heterocycles. The fourth-order valence-electron chi connectivity index (χ4n) is 3.23. The van der Waals surface area contributed by atoms with Gasteiger partial charge in [-0.15, -0.1) is 0 Å². The van der Waals surface area contributed by atoms with Crippen LogP contribution < -0.4 is 5.46 Å². The Labute approximate surface area is 143 Å². The van der Waals surface area contributed by atoms with Crippen molar-refractivity contribution in [3.8, 4) is 0 Å². The van der Waals surface area contributed by atoms with Crippen LogP contribution in [-0.2, 0) is 9.31 Å². The first kappa shape index (κ1) is 17.4. The summed E-state index contributed by atoms with van der Waals surface area (Å²) in [5, 5.41) is 0. The lowest BCUT2D eigenvalue weighted by Gasteiger charge is -2.32. The fraction of sp³-hybridized carbons (Fsp3) is 0.611. The Morgan fingerprint density at radius 1 is 1.25 bits per heavy atom. The summed E-state index contributed by atoms with van der Waals surface area (Å²) in [4.78, 5) is 14.6. The highest BCUT2D eigenvalue weighted by molar-refractivity contribution is 6.62. The van der Waals surface area contributed by atoms with E-state index in [-0.39, 0.29) is 17.4 Å². The topological polar surface area (TPSA) is 38.8 Å². The molecule has 24 heavy (non-hydrogen) atoms. The van der Waals surface area contributed by atoms with Gasteiger partial charge in [0.2, 0.25) is 0 Å². The molecule has 2 aliphatic heterocycles. The molecule has 1 atom stereocenters. The first-order valence-electron chi connectivity index (χ1n) is 8.58. The Balaban J connectivity index is 1.89. The predicted octanol–water partition coefficient (Wildman–Crippen LogP) is 2.75. The molecule has 1 aromatic carbocycles. The van der Waals surface area contributed by atoms with E-state index in [0.717, 1.165) is 19.4 Å². The summed E-state index contributed by atoms with van der Waals surface area (Å²) < 4.78 is 26.2. The summed E-state index contributed by atoms with van der Waals surface area (Å²) in [7, 11) is -0.807. The highest BCUT2D eigenvalue weighted by Crippen LogP contribution is 2.36. The number of amides is 1. The van der Waals surface area contributed by atoms with E-state index in [1.807, 2.05) is 39.5 Å². The maximum atomic E-state index is 14.4.